The zero-order valence-electron chi connectivity index (χ0n) is 11.2. The molecule has 0 aromatic carbocycles. The Labute approximate surface area is 112 Å². The fraction of sp³-hybridized carbons (Fsp3) is 0.615. The van der Waals surface area contributed by atoms with Gasteiger partial charge in [0.2, 0.25) is 0 Å². The predicted octanol–water partition coefficient (Wildman–Crippen LogP) is 2.42. The average molecular weight is 271 g/mol. The van der Waals surface area contributed by atoms with E-state index in [4.69, 9.17) is 4.42 Å². The van der Waals surface area contributed by atoms with E-state index in [2.05, 4.69) is 5.32 Å². The van der Waals surface area contributed by atoms with E-state index >= 15 is 0 Å². The van der Waals surface area contributed by atoms with E-state index in [9.17, 15) is 9.90 Å². The van der Waals surface area contributed by atoms with Crippen LogP contribution in [0.3, 0.4) is 0 Å². The molecule has 0 aliphatic heterocycles. The lowest BCUT2D eigenvalue weighted by Gasteiger charge is -2.24. The van der Waals surface area contributed by atoms with Crippen LogP contribution in [0.5, 0.6) is 0 Å². The summed E-state index contributed by atoms with van der Waals surface area (Å²) < 4.78 is 5.40. The minimum Gasteiger partial charge on any atom is -0.455 e. The van der Waals surface area contributed by atoms with Gasteiger partial charge >= 0.3 is 0 Å². The van der Waals surface area contributed by atoms with Crippen molar-refractivity contribution in [3.63, 3.8) is 0 Å². The van der Waals surface area contributed by atoms with Crippen molar-refractivity contribution in [3.05, 3.63) is 23.7 Å². The number of aliphatic hydroxyl groups is 1. The summed E-state index contributed by atoms with van der Waals surface area (Å²) >= 11 is 1.64. The molecule has 0 bridgehead atoms. The lowest BCUT2D eigenvalue weighted by molar-refractivity contribution is 0.0309. The van der Waals surface area contributed by atoms with Crippen LogP contribution in [0, 0.1) is 0 Å². The third kappa shape index (κ3) is 4.07. The van der Waals surface area contributed by atoms with E-state index in [1.165, 1.54) is 0 Å². The number of thioether (sulfide) groups is 1. The standard InChI is InChI=1S/C13H21NO3S/c1-4-13(16,5-2)9-14-12(15)11-7-6-10(17-11)8-18-3/h6-7,16H,4-5,8-9H2,1-3H3,(H,14,15). The fourth-order valence-electron chi connectivity index (χ4n) is 1.55. The van der Waals surface area contributed by atoms with Crippen LogP contribution in [0.15, 0.2) is 16.5 Å². The number of hydrogen-bond acceptors (Lipinski definition) is 4. The van der Waals surface area contributed by atoms with Gasteiger partial charge in [-0.2, -0.15) is 11.8 Å². The molecule has 4 nitrogen and oxygen atoms in total. The van der Waals surface area contributed by atoms with Gasteiger partial charge < -0.3 is 14.8 Å². The van der Waals surface area contributed by atoms with Crippen molar-refractivity contribution < 1.29 is 14.3 Å². The van der Waals surface area contributed by atoms with E-state index in [1.54, 1.807) is 23.9 Å². The molecule has 0 aliphatic rings. The molecule has 0 aliphatic carbocycles. The van der Waals surface area contributed by atoms with Gasteiger partial charge in [0.15, 0.2) is 5.76 Å². The van der Waals surface area contributed by atoms with Gasteiger partial charge in [0.25, 0.3) is 5.91 Å². The van der Waals surface area contributed by atoms with Crippen LogP contribution in [0.1, 0.15) is 43.0 Å². The Balaban J connectivity index is 2.54. The van der Waals surface area contributed by atoms with Crippen LogP contribution in [0.4, 0.5) is 0 Å². The predicted molar refractivity (Wildman–Crippen MR) is 73.8 cm³/mol. The average Bonchev–Trinajstić information content (AvgIpc) is 2.85. The van der Waals surface area contributed by atoms with Crippen molar-refractivity contribution in [2.75, 3.05) is 12.8 Å². The monoisotopic (exact) mass is 271 g/mol. The maximum absolute atomic E-state index is 11.8. The van der Waals surface area contributed by atoms with Crippen LogP contribution in [0.2, 0.25) is 0 Å². The van der Waals surface area contributed by atoms with Crippen LogP contribution >= 0.6 is 11.8 Å². The van der Waals surface area contributed by atoms with Crippen molar-refractivity contribution in [1.82, 2.24) is 5.32 Å². The molecule has 1 amide bonds. The summed E-state index contributed by atoms with van der Waals surface area (Å²) in [6, 6.07) is 3.47. The number of furan rings is 1. The second-order valence-electron chi connectivity index (χ2n) is 4.31. The molecular formula is C13H21NO3S. The fourth-order valence-corrected chi connectivity index (χ4v) is 1.99. The summed E-state index contributed by atoms with van der Waals surface area (Å²) in [5.41, 5.74) is -0.829. The Hall–Kier alpha value is -0.940. The van der Waals surface area contributed by atoms with Crippen LogP contribution in [-0.2, 0) is 5.75 Å². The Morgan fingerprint density at radius 1 is 1.44 bits per heavy atom. The SMILES string of the molecule is CCC(O)(CC)CNC(=O)c1ccc(CSC)o1. The highest BCUT2D eigenvalue weighted by Crippen LogP contribution is 2.15. The first-order chi connectivity index (χ1) is 8.54. The Morgan fingerprint density at radius 3 is 2.67 bits per heavy atom. The third-order valence-corrected chi connectivity index (χ3v) is 3.64. The lowest BCUT2D eigenvalue weighted by Crippen LogP contribution is -2.41. The highest BCUT2D eigenvalue weighted by atomic mass is 32.2. The molecule has 0 fully saturated rings. The van der Waals surface area contributed by atoms with E-state index < -0.39 is 5.60 Å². The number of carbonyl (C=O) groups excluding carboxylic acids is 1. The van der Waals surface area contributed by atoms with Crippen LogP contribution in [-0.4, -0.2) is 29.4 Å². The number of amides is 1. The minimum atomic E-state index is -0.829. The molecule has 1 rings (SSSR count). The van der Waals surface area contributed by atoms with E-state index in [0.717, 1.165) is 11.5 Å². The molecule has 1 aromatic heterocycles. The van der Waals surface area contributed by atoms with Gasteiger partial charge in [0, 0.05) is 6.54 Å². The number of hydrogen-bond donors (Lipinski definition) is 2. The highest BCUT2D eigenvalue weighted by Gasteiger charge is 2.23. The molecule has 0 saturated heterocycles. The maximum Gasteiger partial charge on any atom is 0.287 e. The molecule has 0 atom stereocenters. The summed E-state index contributed by atoms with van der Waals surface area (Å²) in [7, 11) is 0. The number of rotatable bonds is 7. The molecule has 1 heterocycles. The molecule has 1 aromatic rings. The van der Waals surface area contributed by atoms with Crippen molar-refractivity contribution in [2.45, 2.75) is 38.0 Å². The molecule has 0 radical (unpaired) electrons. The Morgan fingerprint density at radius 2 is 2.11 bits per heavy atom. The molecule has 0 saturated carbocycles. The lowest BCUT2D eigenvalue weighted by atomic mass is 9.97. The van der Waals surface area contributed by atoms with E-state index in [0.29, 0.717) is 18.6 Å². The van der Waals surface area contributed by atoms with Gasteiger partial charge in [0.1, 0.15) is 5.76 Å². The smallest absolute Gasteiger partial charge is 0.287 e. The van der Waals surface area contributed by atoms with Crippen molar-refractivity contribution in [3.8, 4) is 0 Å². The number of carbonyl (C=O) groups is 1. The quantitative estimate of drug-likeness (QED) is 0.799. The maximum atomic E-state index is 11.8. The summed E-state index contributed by atoms with van der Waals surface area (Å²) in [5.74, 6) is 1.56. The van der Waals surface area contributed by atoms with Crippen molar-refractivity contribution in [1.29, 1.82) is 0 Å². The Bertz CT molecular complexity index is 385. The van der Waals surface area contributed by atoms with Gasteiger partial charge in [-0.15, -0.1) is 0 Å². The largest absolute Gasteiger partial charge is 0.455 e. The molecule has 102 valence electrons. The molecule has 5 heteroatoms. The molecule has 0 spiro atoms. The highest BCUT2D eigenvalue weighted by molar-refractivity contribution is 7.97. The minimum absolute atomic E-state index is 0.247. The first-order valence-corrected chi connectivity index (χ1v) is 7.52. The summed E-state index contributed by atoms with van der Waals surface area (Å²) in [6.07, 6.45) is 3.20. The summed E-state index contributed by atoms with van der Waals surface area (Å²) in [4.78, 5) is 11.8. The van der Waals surface area contributed by atoms with Gasteiger partial charge in [-0.25, -0.2) is 0 Å². The second kappa shape index (κ2) is 6.85. The summed E-state index contributed by atoms with van der Waals surface area (Å²) in [5, 5.41) is 12.8. The zero-order valence-corrected chi connectivity index (χ0v) is 12.0. The van der Waals surface area contributed by atoms with Crippen LogP contribution < -0.4 is 5.32 Å². The third-order valence-electron chi connectivity index (χ3n) is 3.07. The Kier molecular flexibility index (Phi) is 5.75. The van der Waals surface area contributed by atoms with E-state index in [1.807, 2.05) is 20.1 Å². The first-order valence-electron chi connectivity index (χ1n) is 6.13. The molecular weight excluding hydrogens is 250 g/mol. The van der Waals surface area contributed by atoms with Gasteiger partial charge in [-0.05, 0) is 31.2 Å². The van der Waals surface area contributed by atoms with Crippen LogP contribution in [0.25, 0.3) is 0 Å². The number of nitrogens with one attached hydrogen (secondary N) is 1. The molecule has 2 N–H and O–H groups in total. The topological polar surface area (TPSA) is 62.5 Å². The zero-order chi connectivity index (χ0) is 13.6. The van der Waals surface area contributed by atoms with E-state index in [-0.39, 0.29) is 12.5 Å². The summed E-state index contributed by atoms with van der Waals surface area (Å²) in [6.45, 7) is 4.05. The normalized spacial score (nSPS) is 11.6. The van der Waals surface area contributed by atoms with Gasteiger partial charge in [-0.1, -0.05) is 13.8 Å². The second-order valence-corrected chi connectivity index (χ2v) is 5.18. The van der Waals surface area contributed by atoms with Gasteiger partial charge in [-0.3, -0.25) is 4.79 Å². The van der Waals surface area contributed by atoms with Crippen molar-refractivity contribution in [2.24, 2.45) is 0 Å². The molecule has 18 heavy (non-hydrogen) atoms. The first kappa shape index (κ1) is 15.1. The molecule has 0 unspecified atom stereocenters. The van der Waals surface area contributed by atoms with Gasteiger partial charge in [0.05, 0.1) is 11.4 Å². The van der Waals surface area contributed by atoms with Crippen molar-refractivity contribution >= 4 is 17.7 Å².